The predicted octanol–water partition coefficient (Wildman–Crippen LogP) is 17.4. The van der Waals surface area contributed by atoms with Crippen LogP contribution in [0.1, 0.15) is 91.3 Å². The molecule has 80 heavy (non-hydrogen) atoms. The SMILES string of the molecule is CC(C)CN(Cc1ccccc1)c1ccc(N(c2ccc(N(Cc3ccccc3)CC(C)C)cc2)c2ccc([N+](C3=CCC(N(CC4=CC=CCC4)CC(C)C)C=C3)=C3C=CC(=[N+](Cc4ccccc4)CC(C)C)C=C3)cc2)cc1. The second-order valence-electron chi connectivity index (χ2n) is 23.9. The smallest absolute Gasteiger partial charge is 0.212 e. The topological polar surface area (TPSA) is 19.0 Å². The van der Waals surface area contributed by atoms with Crippen molar-refractivity contribution >= 4 is 45.5 Å². The van der Waals surface area contributed by atoms with Gasteiger partial charge >= 0.3 is 0 Å². The zero-order valence-corrected chi connectivity index (χ0v) is 49.2. The Kier molecular flexibility index (Phi) is 20.0. The summed E-state index contributed by atoms with van der Waals surface area (Å²) in [5.74, 6) is 2.13. The summed E-state index contributed by atoms with van der Waals surface area (Å²) in [6.45, 7) is 26.1. The minimum absolute atomic E-state index is 0.333. The first-order valence-corrected chi connectivity index (χ1v) is 29.8. The van der Waals surface area contributed by atoms with Crippen molar-refractivity contribution in [1.29, 1.82) is 0 Å². The van der Waals surface area contributed by atoms with Gasteiger partial charge in [0.1, 0.15) is 6.54 Å². The van der Waals surface area contributed by atoms with E-state index in [1.54, 1.807) is 0 Å². The lowest BCUT2D eigenvalue weighted by atomic mass is 9.99. The van der Waals surface area contributed by atoms with E-state index in [4.69, 9.17) is 0 Å². The number of benzene rings is 6. The lowest BCUT2D eigenvalue weighted by Gasteiger charge is -2.33. The molecule has 6 nitrogen and oxygen atoms in total. The maximum atomic E-state index is 2.70. The minimum atomic E-state index is 0.333. The molecule has 0 amide bonds. The molecule has 0 saturated heterocycles. The molecule has 0 N–H and O–H groups in total. The van der Waals surface area contributed by atoms with Crippen LogP contribution in [0.25, 0.3) is 0 Å². The number of anilines is 5. The van der Waals surface area contributed by atoms with E-state index in [-0.39, 0.29) is 0 Å². The van der Waals surface area contributed by atoms with E-state index in [0.29, 0.717) is 29.7 Å². The summed E-state index contributed by atoms with van der Waals surface area (Å²) in [6.07, 6.45) is 26.8. The summed E-state index contributed by atoms with van der Waals surface area (Å²) >= 11 is 0. The third-order valence-electron chi connectivity index (χ3n) is 15.1. The Morgan fingerprint density at radius 2 is 0.950 bits per heavy atom. The summed E-state index contributed by atoms with van der Waals surface area (Å²) in [4.78, 5) is 10.2. The number of hydrogen-bond donors (Lipinski definition) is 0. The van der Waals surface area contributed by atoms with Crippen LogP contribution in [0.4, 0.5) is 34.1 Å². The van der Waals surface area contributed by atoms with Crippen molar-refractivity contribution in [2.24, 2.45) is 23.7 Å². The van der Waals surface area contributed by atoms with Gasteiger partial charge in [0.15, 0.2) is 6.54 Å². The molecule has 0 radical (unpaired) electrons. The van der Waals surface area contributed by atoms with E-state index >= 15 is 0 Å². The molecule has 1 atom stereocenters. The van der Waals surface area contributed by atoms with Gasteiger partial charge in [0, 0.05) is 128 Å². The average molecular weight is 1060 g/mol. The van der Waals surface area contributed by atoms with Gasteiger partial charge in [-0.05, 0) is 115 Å². The van der Waals surface area contributed by atoms with Gasteiger partial charge in [-0.15, -0.1) is 0 Å². The van der Waals surface area contributed by atoms with Gasteiger partial charge in [-0.25, -0.2) is 4.58 Å². The van der Waals surface area contributed by atoms with Crippen molar-refractivity contribution < 1.29 is 9.15 Å². The zero-order chi connectivity index (χ0) is 55.8. The Bertz CT molecular complexity index is 3050. The summed E-state index contributed by atoms with van der Waals surface area (Å²) in [6, 6.07) is 60.7. The predicted molar refractivity (Wildman–Crippen MR) is 343 cm³/mol. The van der Waals surface area contributed by atoms with Crippen LogP contribution >= 0.6 is 0 Å². The second-order valence-corrected chi connectivity index (χ2v) is 23.9. The summed E-state index contributed by atoms with van der Waals surface area (Å²) in [5.41, 5.74) is 16.0. The van der Waals surface area contributed by atoms with E-state index < -0.39 is 0 Å². The van der Waals surface area contributed by atoms with Crippen molar-refractivity contribution in [1.82, 2.24) is 4.90 Å². The monoisotopic (exact) mass is 1060 g/mol. The summed E-state index contributed by atoms with van der Waals surface area (Å²) < 4.78 is 4.99. The quantitative estimate of drug-likeness (QED) is 0.0444. The highest BCUT2D eigenvalue weighted by Gasteiger charge is 2.28. The van der Waals surface area contributed by atoms with Crippen LogP contribution in [-0.4, -0.2) is 64.2 Å². The maximum Gasteiger partial charge on any atom is 0.212 e. The molecular weight excluding hydrogens is 973 g/mol. The lowest BCUT2D eigenvalue weighted by molar-refractivity contribution is -0.548. The molecule has 0 aromatic heterocycles. The molecule has 0 bridgehead atoms. The van der Waals surface area contributed by atoms with Gasteiger partial charge in [0.05, 0.1) is 0 Å². The Hall–Kier alpha value is -7.54. The van der Waals surface area contributed by atoms with Crippen LogP contribution in [0.5, 0.6) is 0 Å². The van der Waals surface area contributed by atoms with E-state index in [0.717, 1.165) is 100 Å². The molecular formula is C74H88N6+2. The lowest BCUT2D eigenvalue weighted by Crippen LogP contribution is -2.39. The molecule has 0 fully saturated rings. The average Bonchev–Trinajstić information content (AvgIpc) is 3.47. The summed E-state index contributed by atoms with van der Waals surface area (Å²) in [7, 11) is 0. The van der Waals surface area contributed by atoms with Crippen molar-refractivity contribution in [2.45, 2.75) is 100 Å². The highest BCUT2D eigenvalue weighted by atomic mass is 15.2. The standard InChI is InChI=1S/C74H88N6/c1-57(2)49-75(53-61-21-13-9-14-22-61)65-29-37-69(38-30-65)79(70-39-31-66(32-40-70)76(50-58(3)4)54-62-23-15-10-16-24-62)73-45-47-74(48-46-73)80(71-41-33-67(34-42-71)77(51-59(5)6)55-63-25-17-11-18-26-63)72-43-35-68(36-44-72)78(52-60(7)8)56-64-27-19-12-20-28-64/h9-19,21-27,29-35,37-48,57-60,68H,20,28,36,49-56H2,1-8H3/q+2. The normalized spacial score (nSPS) is 15.1. The number of allylic oxidation sites excluding steroid dienone is 8. The molecule has 6 aromatic rings. The van der Waals surface area contributed by atoms with E-state index in [9.17, 15) is 0 Å². The van der Waals surface area contributed by atoms with Crippen LogP contribution < -0.4 is 14.7 Å². The molecule has 412 valence electrons. The van der Waals surface area contributed by atoms with E-state index in [1.807, 2.05) is 0 Å². The van der Waals surface area contributed by atoms with Crippen LogP contribution in [0.2, 0.25) is 0 Å². The Balaban J connectivity index is 1.09. The van der Waals surface area contributed by atoms with Crippen LogP contribution in [0, 0.1) is 23.7 Å². The molecule has 1 unspecified atom stereocenters. The summed E-state index contributed by atoms with van der Waals surface area (Å²) in [5, 5.41) is 0. The van der Waals surface area contributed by atoms with Gasteiger partial charge in [-0.2, -0.15) is 4.58 Å². The van der Waals surface area contributed by atoms with Crippen LogP contribution in [0.3, 0.4) is 0 Å². The fraction of sp³-hybridized carbons (Fsp3) is 0.324. The first-order valence-electron chi connectivity index (χ1n) is 29.8. The molecule has 0 spiro atoms. The molecule has 6 heteroatoms. The molecule has 3 aliphatic carbocycles. The number of rotatable bonds is 24. The Morgan fingerprint density at radius 3 is 1.40 bits per heavy atom. The van der Waals surface area contributed by atoms with Crippen molar-refractivity contribution in [3.05, 3.63) is 253 Å². The van der Waals surface area contributed by atoms with Gasteiger partial charge in [0.25, 0.3) is 0 Å². The minimum Gasteiger partial charge on any atom is -0.367 e. The Morgan fingerprint density at radius 1 is 0.475 bits per heavy atom. The zero-order valence-electron chi connectivity index (χ0n) is 49.2. The number of hydrogen-bond acceptors (Lipinski definition) is 4. The van der Waals surface area contributed by atoms with Gasteiger partial charge in [-0.3, -0.25) is 4.90 Å². The first-order chi connectivity index (χ1) is 38.9. The van der Waals surface area contributed by atoms with E-state index in [2.05, 4.69) is 309 Å². The van der Waals surface area contributed by atoms with Crippen molar-refractivity contribution in [3.63, 3.8) is 0 Å². The fourth-order valence-corrected chi connectivity index (χ4v) is 11.5. The molecule has 0 heterocycles. The molecule has 0 aliphatic heterocycles. The van der Waals surface area contributed by atoms with Gasteiger partial charge in [0.2, 0.25) is 22.8 Å². The van der Waals surface area contributed by atoms with Crippen LogP contribution in [0.15, 0.2) is 236 Å². The van der Waals surface area contributed by atoms with Crippen molar-refractivity contribution in [3.8, 4) is 0 Å². The number of nitrogens with zero attached hydrogens (tertiary/aromatic N) is 6. The van der Waals surface area contributed by atoms with Crippen LogP contribution in [-0.2, 0) is 19.6 Å². The molecule has 0 saturated carbocycles. The second kappa shape index (κ2) is 28.1. The molecule has 3 aliphatic rings. The molecule has 6 aromatic carbocycles. The largest absolute Gasteiger partial charge is 0.367 e. The fourth-order valence-electron chi connectivity index (χ4n) is 11.5. The highest BCUT2D eigenvalue weighted by Crippen LogP contribution is 2.38. The highest BCUT2D eigenvalue weighted by molar-refractivity contribution is 6.15. The van der Waals surface area contributed by atoms with E-state index in [1.165, 1.54) is 45.0 Å². The van der Waals surface area contributed by atoms with Gasteiger partial charge in [-0.1, -0.05) is 176 Å². The third kappa shape index (κ3) is 15.8. The van der Waals surface area contributed by atoms with Crippen molar-refractivity contribution in [2.75, 3.05) is 47.4 Å². The third-order valence-corrected chi connectivity index (χ3v) is 15.1. The first kappa shape index (κ1) is 57.2. The Labute approximate surface area is 481 Å². The van der Waals surface area contributed by atoms with Gasteiger partial charge < -0.3 is 14.7 Å². The maximum absolute atomic E-state index is 2.70. The molecule has 9 rings (SSSR count).